The van der Waals surface area contributed by atoms with Gasteiger partial charge in [-0.05, 0) is 48.6 Å². The molecule has 1 heterocycles. The maximum Gasteiger partial charge on any atom is 0.0635 e. The summed E-state index contributed by atoms with van der Waals surface area (Å²) in [5.74, 6) is 0. The van der Waals surface area contributed by atoms with Crippen LogP contribution in [0.4, 0.5) is 5.69 Å². The van der Waals surface area contributed by atoms with E-state index in [9.17, 15) is 0 Å². The van der Waals surface area contributed by atoms with Crippen molar-refractivity contribution in [3.05, 3.63) is 51.7 Å². The number of hydrogen-bond donors (Lipinski definition) is 2. The molecule has 2 rings (SSSR count). The molecule has 3 nitrogen and oxygen atoms in total. The standard InChI is InChI=1S/C17H24N2OS/c1-13-8-11-21-17(13)14(2)19-12-15-4-6-16(7-5-15)18-9-10-20-3/h4-8,11,14,18-19H,9-10,12H2,1-3H3/t14-/m0/s1. The third kappa shape index (κ3) is 4.84. The molecular weight excluding hydrogens is 280 g/mol. The molecule has 1 aromatic carbocycles. The Morgan fingerprint density at radius 1 is 1.19 bits per heavy atom. The zero-order valence-corrected chi connectivity index (χ0v) is 13.8. The monoisotopic (exact) mass is 304 g/mol. The molecule has 0 saturated carbocycles. The number of nitrogens with one attached hydrogen (secondary N) is 2. The van der Waals surface area contributed by atoms with E-state index in [0.29, 0.717) is 6.04 Å². The number of methoxy groups -OCH3 is 1. The zero-order valence-electron chi connectivity index (χ0n) is 13.0. The third-order valence-corrected chi connectivity index (χ3v) is 4.70. The van der Waals surface area contributed by atoms with Gasteiger partial charge in [-0.3, -0.25) is 0 Å². The Bertz CT molecular complexity index is 536. The molecule has 0 radical (unpaired) electrons. The van der Waals surface area contributed by atoms with Gasteiger partial charge in [0.1, 0.15) is 0 Å². The highest BCUT2D eigenvalue weighted by Crippen LogP contribution is 2.23. The summed E-state index contributed by atoms with van der Waals surface area (Å²) in [6.45, 7) is 6.84. The normalized spacial score (nSPS) is 12.3. The molecule has 0 spiro atoms. The number of thiophene rings is 1. The molecule has 0 saturated heterocycles. The summed E-state index contributed by atoms with van der Waals surface area (Å²) >= 11 is 1.82. The fourth-order valence-corrected chi connectivity index (χ4v) is 3.19. The predicted octanol–water partition coefficient (Wildman–Crippen LogP) is 3.97. The SMILES string of the molecule is COCCNc1ccc(CN[C@@H](C)c2sccc2C)cc1. The van der Waals surface area contributed by atoms with E-state index in [4.69, 9.17) is 4.74 Å². The minimum absolute atomic E-state index is 0.393. The van der Waals surface area contributed by atoms with E-state index in [1.807, 2.05) is 11.3 Å². The largest absolute Gasteiger partial charge is 0.383 e. The summed E-state index contributed by atoms with van der Waals surface area (Å²) in [6, 6.07) is 11.1. The highest BCUT2D eigenvalue weighted by Gasteiger charge is 2.08. The van der Waals surface area contributed by atoms with Gasteiger partial charge in [0, 0.05) is 36.8 Å². The minimum atomic E-state index is 0.393. The van der Waals surface area contributed by atoms with Crippen molar-refractivity contribution in [2.75, 3.05) is 25.6 Å². The average molecular weight is 304 g/mol. The molecule has 0 amide bonds. The molecule has 1 aromatic heterocycles. The van der Waals surface area contributed by atoms with Crippen molar-refractivity contribution in [3.8, 4) is 0 Å². The van der Waals surface area contributed by atoms with Crippen LogP contribution in [0.5, 0.6) is 0 Å². The first-order valence-electron chi connectivity index (χ1n) is 7.30. The Morgan fingerprint density at radius 3 is 2.57 bits per heavy atom. The lowest BCUT2D eigenvalue weighted by Crippen LogP contribution is -2.17. The summed E-state index contributed by atoms with van der Waals surface area (Å²) in [4.78, 5) is 1.42. The molecule has 0 aliphatic heterocycles. The molecule has 0 unspecified atom stereocenters. The van der Waals surface area contributed by atoms with Crippen molar-refractivity contribution in [2.24, 2.45) is 0 Å². The van der Waals surface area contributed by atoms with Gasteiger partial charge in [0.05, 0.1) is 6.61 Å². The molecule has 0 fully saturated rings. The van der Waals surface area contributed by atoms with E-state index < -0.39 is 0 Å². The van der Waals surface area contributed by atoms with Crippen LogP contribution in [0.25, 0.3) is 0 Å². The van der Waals surface area contributed by atoms with E-state index >= 15 is 0 Å². The lowest BCUT2D eigenvalue weighted by Gasteiger charge is -2.14. The number of hydrogen-bond acceptors (Lipinski definition) is 4. The molecule has 0 aliphatic carbocycles. The second-order valence-corrected chi connectivity index (χ2v) is 6.13. The second-order valence-electron chi connectivity index (χ2n) is 5.19. The van der Waals surface area contributed by atoms with Crippen LogP contribution in [0.15, 0.2) is 35.7 Å². The molecule has 0 aliphatic rings. The molecule has 114 valence electrons. The second kappa shape index (κ2) is 8.17. The van der Waals surface area contributed by atoms with Gasteiger partial charge in [-0.2, -0.15) is 0 Å². The minimum Gasteiger partial charge on any atom is -0.383 e. The van der Waals surface area contributed by atoms with Gasteiger partial charge < -0.3 is 15.4 Å². The quantitative estimate of drug-likeness (QED) is 0.724. The maximum absolute atomic E-state index is 5.03. The summed E-state index contributed by atoms with van der Waals surface area (Å²) in [5, 5.41) is 9.06. The van der Waals surface area contributed by atoms with Gasteiger partial charge in [-0.25, -0.2) is 0 Å². The van der Waals surface area contributed by atoms with Gasteiger partial charge in [-0.1, -0.05) is 12.1 Å². The Labute approximate surface area is 131 Å². The molecule has 4 heteroatoms. The van der Waals surface area contributed by atoms with E-state index in [0.717, 1.165) is 25.4 Å². The highest BCUT2D eigenvalue weighted by molar-refractivity contribution is 7.10. The average Bonchev–Trinajstić information content (AvgIpc) is 2.92. The molecule has 2 aromatic rings. The molecule has 1 atom stereocenters. The van der Waals surface area contributed by atoms with Gasteiger partial charge in [0.15, 0.2) is 0 Å². The van der Waals surface area contributed by atoms with Crippen LogP contribution >= 0.6 is 11.3 Å². The first-order chi connectivity index (χ1) is 10.2. The predicted molar refractivity (Wildman–Crippen MR) is 91.1 cm³/mol. The van der Waals surface area contributed by atoms with Crippen molar-refractivity contribution in [2.45, 2.75) is 26.4 Å². The van der Waals surface area contributed by atoms with E-state index in [2.05, 4.69) is 60.2 Å². The van der Waals surface area contributed by atoms with Crippen molar-refractivity contribution in [3.63, 3.8) is 0 Å². The summed E-state index contributed by atoms with van der Waals surface area (Å²) in [6.07, 6.45) is 0. The molecule has 2 N–H and O–H groups in total. The Hall–Kier alpha value is -1.36. The zero-order chi connectivity index (χ0) is 15.1. The van der Waals surface area contributed by atoms with Crippen LogP contribution in [0, 0.1) is 6.92 Å². The van der Waals surface area contributed by atoms with Gasteiger partial charge in [0.2, 0.25) is 0 Å². The van der Waals surface area contributed by atoms with Crippen LogP contribution in [0.1, 0.15) is 29.0 Å². The number of anilines is 1. The molecule has 0 bridgehead atoms. The van der Waals surface area contributed by atoms with Gasteiger partial charge in [-0.15, -0.1) is 11.3 Å². The van der Waals surface area contributed by atoms with Crippen molar-refractivity contribution in [1.82, 2.24) is 5.32 Å². The number of ether oxygens (including phenoxy) is 1. The fourth-order valence-electron chi connectivity index (χ4n) is 2.23. The fraction of sp³-hybridized carbons (Fsp3) is 0.412. The lowest BCUT2D eigenvalue weighted by molar-refractivity contribution is 0.211. The van der Waals surface area contributed by atoms with E-state index in [-0.39, 0.29) is 0 Å². The van der Waals surface area contributed by atoms with E-state index in [1.165, 1.54) is 16.0 Å². The summed E-state index contributed by atoms with van der Waals surface area (Å²) in [7, 11) is 1.72. The topological polar surface area (TPSA) is 33.3 Å². The van der Waals surface area contributed by atoms with Crippen molar-refractivity contribution < 1.29 is 4.74 Å². The van der Waals surface area contributed by atoms with Crippen molar-refractivity contribution in [1.29, 1.82) is 0 Å². The third-order valence-electron chi connectivity index (χ3n) is 3.50. The first-order valence-corrected chi connectivity index (χ1v) is 8.18. The van der Waals surface area contributed by atoms with Crippen LogP contribution in [0.3, 0.4) is 0 Å². The van der Waals surface area contributed by atoms with Crippen LogP contribution in [-0.4, -0.2) is 20.3 Å². The van der Waals surface area contributed by atoms with Crippen LogP contribution in [0.2, 0.25) is 0 Å². The number of benzene rings is 1. The van der Waals surface area contributed by atoms with Crippen LogP contribution in [-0.2, 0) is 11.3 Å². The van der Waals surface area contributed by atoms with Gasteiger partial charge >= 0.3 is 0 Å². The van der Waals surface area contributed by atoms with E-state index in [1.54, 1.807) is 7.11 Å². The van der Waals surface area contributed by atoms with Crippen LogP contribution < -0.4 is 10.6 Å². The number of aryl methyl sites for hydroxylation is 1. The smallest absolute Gasteiger partial charge is 0.0635 e. The maximum atomic E-state index is 5.03. The Kier molecular flexibility index (Phi) is 6.23. The summed E-state index contributed by atoms with van der Waals surface area (Å²) < 4.78 is 5.03. The molecular formula is C17H24N2OS. The molecule has 21 heavy (non-hydrogen) atoms. The van der Waals surface area contributed by atoms with Gasteiger partial charge in [0.25, 0.3) is 0 Å². The Balaban J connectivity index is 1.82. The van der Waals surface area contributed by atoms with Crippen molar-refractivity contribution >= 4 is 17.0 Å². The lowest BCUT2D eigenvalue weighted by atomic mass is 10.1. The Morgan fingerprint density at radius 2 is 1.95 bits per heavy atom. The first kappa shape index (κ1) is 16.0. The highest BCUT2D eigenvalue weighted by atomic mass is 32.1. The summed E-state index contributed by atoms with van der Waals surface area (Å²) in [5.41, 5.74) is 3.81. The number of rotatable bonds is 8.